The summed E-state index contributed by atoms with van der Waals surface area (Å²) in [4.78, 5) is 12.4. The maximum Gasteiger partial charge on any atom is 0.240 e. The summed E-state index contributed by atoms with van der Waals surface area (Å²) in [6.45, 7) is 2.53. The number of carbonyl (C=O) groups is 1. The fourth-order valence-electron chi connectivity index (χ4n) is 2.71. The van der Waals surface area contributed by atoms with Gasteiger partial charge in [-0.3, -0.25) is 9.10 Å². The van der Waals surface area contributed by atoms with E-state index >= 15 is 0 Å². The molecule has 0 aliphatic carbocycles. The van der Waals surface area contributed by atoms with Crippen LogP contribution in [0.3, 0.4) is 0 Å². The minimum atomic E-state index is -3.64. The number of thioether (sulfide) groups is 1. The molecule has 0 unspecified atom stereocenters. The summed E-state index contributed by atoms with van der Waals surface area (Å²) in [7, 11) is -3.64. The number of anilines is 1. The normalized spacial score (nSPS) is 13.1. The van der Waals surface area contributed by atoms with Gasteiger partial charge in [-0.25, -0.2) is 8.42 Å². The number of hydrogen-bond donors (Lipinski definition) is 1. The first kappa shape index (κ1) is 21.4. The molecule has 0 bridgehead atoms. The third-order valence-corrected chi connectivity index (χ3v) is 6.92. The summed E-state index contributed by atoms with van der Waals surface area (Å²) < 4.78 is 42.5. The minimum Gasteiger partial charge on any atom is -0.486 e. The van der Waals surface area contributed by atoms with Gasteiger partial charge < -0.3 is 19.2 Å². The molecule has 1 aliphatic rings. The number of fused-ring (bicyclic) bond motifs is 1. The first-order valence-corrected chi connectivity index (χ1v) is 12.0. The molecule has 2 heterocycles. The van der Waals surface area contributed by atoms with Gasteiger partial charge in [-0.05, 0) is 31.2 Å². The Bertz CT molecular complexity index is 915. The molecule has 0 radical (unpaired) electrons. The van der Waals surface area contributed by atoms with Crippen LogP contribution >= 0.6 is 11.8 Å². The summed E-state index contributed by atoms with van der Waals surface area (Å²) in [5, 5.41) is 2.77. The van der Waals surface area contributed by atoms with Crippen molar-refractivity contribution in [2.75, 3.05) is 42.1 Å². The van der Waals surface area contributed by atoms with Gasteiger partial charge in [0.05, 0.1) is 23.5 Å². The molecular weight excluding hydrogens is 416 g/mol. The van der Waals surface area contributed by atoms with Crippen LogP contribution in [0.15, 0.2) is 41.0 Å². The maximum absolute atomic E-state index is 12.6. The van der Waals surface area contributed by atoms with Crippen molar-refractivity contribution in [2.45, 2.75) is 12.7 Å². The fraction of sp³-hybridized carbons (Fsp3) is 0.421. The lowest BCUT2D eigenvalue weighted by Crippen LogP contribution is -2.42. The van der Waals surface area contributed by atoms with E-state index in [1.807, 2.05) is 12.1 Å². The van der Waals surface area contributed by atoms with Gasteiger partial charge in [0.2, 0.25) is 15.9 Å². The van der Waals surface area contributed by atoms with Gasteiger partial charge in [-0.1, -0.05) is 0 Å². The number of carbonyl (C=O) groups excluding carboxylic acids is 1. The van der Waals surface area contributed by atoms with E-state index in [-0.39, 0.29) is 18.2 Å². The number of ether oxygens (including phenoxy) is 2. The van der Waals surface area contributed by atoms with Gasteiger partial charge in [0.15, 0.2) is 11.5 Å². The smallest absolute Gasteiger partial charge is 0.240 e. The zero-order valence-electron chi connectivity index (χ0n) is 16.1. The molecule has 0 saturated carbocycles. The second kappa shape index (κ2) is 9.93. The topological polar surface area (TPSA) is 98.1 Å². The average Bonchev–Trinajstić information content (AvgIpc) is 3.25. The quantitative estimate of drug-likeness (QED) is 0.566. The van der Waals surface area contributed by atoms with Crippen molar-refractivity contribution in [3.63, 3.8) is 0 Å². The summed E-state index contributed by atoms with van der Waals surface area (Å²) >= 11 is 1.62. The Balaban J connectivity index is 1.58. The van der Waals surface area contributed by atoms with Crippen LogP contribution in [0.25, 0.3) is 0 Å². The molecule has 29 heavy (non-hydrogen) atoms. The maximum atomic E-state index is 12.6. The largest absolute Gasteiger partial charge is 0.486 e. The molecule has 2 aromatic rings. The molecular formula is C19H24N2O6S2. The van der Waals surface area contributed by atoms with E-state index < -0.39 is 10.0 Å². The van der Waals surface area contributed by atoms with Crippen LogP contribution in [-0.2, 0) is 20.6 Å². The lowest BCUT2D eigenvalue weighted by Gasteiger charge is -2.25. The molecule has 1 aromatic carbocycles. The monoisotopic (exact) mass is 440 g/mol. The molecule has 3 rings (SSSR count). The van der Waals surface area contributed by atoms with Crippen molar-refractivity contribution in [3.05, 3.63) is 42.4 Å². The standard InChI is InChI=1S/C19H24N2O6S2/c1-2-29(23,24)21(15-5-6-17-18(12-15)27-10-9-26-17)13-19(22)20-7-11-28-14-16-4-3-8-25-16/h3-6,8,12H,2,7,9-11,13-14H2,1H3,(H,20,22). The predicted molar refractivity (Wildman–Crippen MR) is 112 cm³/mol. The number of sulfonamides is 1. The highest BCUT2D eigenvalue weighted by Gasteiger charge is 2.25. The van der Waals surface area contributed by atoms with E-state index in [1.165, 1.54) is 0 Å². The van der Waals surface area contributed by atoms with E-state index in [4.69, 9.17) is 13.9 Å². The number of rotatable bonds is 10. The number of nitrogens with one attached hydrogen (secondary N) is 1. The Morgan fingerprint density at radius 1 is 1.21 bits per heavy atom. The Morgan fingerprint density at radius 2 is 2.00 bits per heavy atom. The number of furan rings is 1. The van der Waals surface area contributed by atoms with Crippen molar-refractivity contribution in [1.82, 2.24) is 5.32 Å². The Hall–Kier alpha value is -2.33. The lowest BCUT2D eigenvalue weighted by molar-refractivity contribution is -0.119. The highest BCUT2D eigenvalue weighted by molar-refractivity contribution is 7.98. The molecule has 0 atom stereocenters. The van der Waals surface area contributed by atoms with E-state index in [0.717, 1.165) is 15.8 Å². The minimum absolute atomic E-state index is 0.117. The first-order chi connectivity index (χ1) is 14.0. The molecule has 1 N–H and O–H groups in total. The number of hydrogen-bond acceptors (Lipinski definition) is 7. The van der Waals surface area contributed by atoms with E-state index in [9.17, 15) is 13.2 Å². The molecule has 1 aliphatic heterocycles. The van der Waals surface area contributed by atoms with Crippen molar-refractivity contribution in [2.24, 2.45) is 0 Å². The summed E-state index contributed by atoms with van der Waals surface area (Å²) in [6.07, 6.45) is 1.62. The Labute approximate surface area is 174 Å². The molecule has 10 heteroatoms. The zero-order chi connectivity index (χ0) is 20.7. The summed E-state index contributed by atoms with van der Waals surface area (Å²) in [5.74, 6) is 2.84. The van der Waals surface area contributed by atoms with Crippen LogP contribution in [0.5, 0.6) is 11.5 Å². The first-order valence-electron chi connectivity index (χ1n) is 9.26. The molecule has 1 amide bonds. The number of amides is 1. The van der Waals surface area contributed by atoms with Crippen molar-refractivity contribution < 1.29 is 27.1 Å². The van der Waals surface area contributed by atoms with Gasteiger partial charge >= 0.3 is 0 Å². The Morgan fingerprint density at radius 3 is 2.72 bits per heavy atom. The molecule has 0 fully saturated rings. The highest BCUT2D eigenvalue weighted by atomic mass is 32.2. The fourth-order valence-corrected chi connectivity index (χ4v) is 4.53. The van der Waals surface area contributed by atoms with Gasteiger partial charge in [0.25, 0.3) is 0 Å². The van der Waals surface area contributed by atoms with Crippen LogP contribution in [0.4, 0.5) is 5.69 Å². The van der Waals surface area contributed by atoms with Crippen LogP contribution < -0.4 is 19.1 Å². The third-order valence-electron chi connectivity index (χ3n) is 4.19. The molecule has 0 saturated heterocycles. The number of benzene rings is 1. The van der Waals surface area contributed by atoms with Gasteiger partial charge in [-0.15, -0.1) is 0 Å². The second-order valence-electron chi connectivity index (χ2n) is 6.22. The molecule has 8 nitrogen and oxygen atoms in total. The van der Waals surface area contributed by atoms with E-state index in [0.29, 0.717) is 42.7 Å². The SMILES string of the molecule is CCS(=O)(=O)N(CC(=O)NCCSCc1ccco1)c1ccc2c(c1)OCCO2. The van der Waals surface area contributed by atoms with Crippen molar-refractivity contribution in [3.8, 4) is 11.5 Å². The summed E-state index contributed by atoms with van der Waals surface area (Å²) in [6, 6.07) is 8.59. The van der Waals surface area contributed by atoms with Gasteiger partial charge in [0, 0.05) is 18.4 Å². The third kappa shape index (κ3) is 5.83. The van der Waals surface area contributed by atoms with E-state index in [1.54, 1.807) is 43.1 Å². The van der Waals surface area contributed by atoms with Crippen LogP contribution in [0.1, 0.15) is 12.7 Å². The van der Waals surface area contributed by atoms with Gasteiger partial charge in [0.1, 0.15) is 25.5 Å². The van der Waals surface area contributed by atoms with E-state index in [2.05, 4.69) is 5.32 Å². The van der Waals surface area contributed by atoms with Crippen molar-refractivity contribution >= 4 is 33.4 Å². The molecule has 158 valence electrons. The van der Waals surface area contributed by atoms with Crippen LogP contribution in [-0.4, -0.2) is 52.1 Å². The zero-order valence-corrected chi connectivity index (χ0v) is 17.8. The number of nitrogens with zero attached hydrogens (tertiary/aromatic N) is 1. The summed E-state index contributed by atoms with van der Waals surface area (Å²) in [5.41, 5.74) is 0.374. The van der Waals surface area contributed by atoms with Crippen LogP contribution in [0.2, 0.25) is 0 Å². The molecule has 0 spiro atoms. The van der Waals surface area contributed by atoms with Crippen molar-refractivity contribution in [1.29, 1.82) is 0 Å². The van der Waals surface area contributed by atoms with Gasteiger partial charge in [-0.2, -0.15) is 11.8 Å². The predicted octanol–water partition coefficient (Wildman–Crippen LogP) is 2.26. The van der Waals surface area contributed by atoms with Crippen LogP contribution in [0, 0.1) is 0 Å². The molecule has 1 aromatic heterocycles. The average molecular weight is 441 g/mol. The lowest BCUT2D eigenvalue weighted by atomic mass is 10.2. The Kier molecular flexibility index (Phi) is 7.32. The second-order valence-corrected chi connectivity index (χ2v) is 9.50. The highest BCUT2D eigenvalue weighted by Crippen LogP contribution is 2.34.